The number of rotatable bonds is 4. The highest BCUT2D eigenvalue weighted by atomic mass is 35.5. The Kier molecular flexibility index (Phi) is 6.51. The zero-order valence-corrected chi connectivity index (χ0v) is 17.1. The minimum Gasteiger partial charge on any atom is -0.497 e. The molecule has 1 saturated heterocycles. The summed E-state index contributed by atoms with van der Waals surface area (Å²) >= 11 is 0. The van der Waals surface area contributed by atoms with Crippen molar-refractivity contribution >= 4 is 18.4 Å². The van der Waals surface area contributed by atoms with E-state index in [1.54, 1.807) is 37.2 Å². The molecule has 1 atom stereocenters. The first-order chi connectivity index (χ1) is 13.7. The van der Waals surface area contributed by atoms with Crippen molar-refractivity contribution in [1.29, 1.82) is 0 Å². The monoisotopic (exact) mass is 414 g/mol. The second kappa shape index (κ2) is 9.07. The van der Waals surface area contributed by atoms with Crippen molar-refractivity contribution in [3.8, 4) is 17.0 Å². The summed E-state index contributed by atoms with van der Waals surface area (Å²) in [6.07, 6.45) is 3.30. The number of hydrogen-bond acceptors (Lipinski definition) is 6. The van der Waals surface area contributed by atoms with E-state index in [0.717, 1.165) is 16.9 Å². The molecule has 7 nitrogen and oxygen atoms in total. The molecular weight excluding hydrogens is 392 g/mol. The molecule has 0 unspecified atom stereocenters. The standard InChI is InChI=1S/C21H22N4O3.ClH/c1-24-20(26)13-18(15-7-9-22-10-8-15)23-21(24)25-11-12-28-19(14-25)16-3-5-17(27-2)6-4-16;/h3-10,13,19H,11-12,14H2,1-2H3;1H/t19-;/m0./s1. The third-order valence-electron chi connectivity index (χ3n) is 4.92. The van der Waals surface area contributed by atoms with Gasteiger partial charge >= 0.3 is 0 Å². The lowest BCUT2D eigenvalue weighted by Crippen LogP contribution is -2.41. The van der Waals surface area contributed by atoms with Crippen LogP contribution in [-0.2, 0) is 11.8 Å². The lowest BCUT2D eigenvalue weighted by molar-refractivity contribution is 0.0389. The summed E-state index contributed by atoms with van der Waals surface area (Å²) in [5.74, 6) is 1.45. The third kappa shape index (κ3) is 4.41. The van der Waals surface area contributed by atoms with Crippen LogP contribution >= 0.6 is 12.4 Å². The van der Waals surface area contributed by atoms with Crippen LogP contribution in [0.1, 0.15) is 11.7 Å². The molecule has 0 amide bonds. The maximum atomic E-state index is 12.5. The topological polar surface area (TPSA) is 69.5 Å². The van der Waals surface area contributed by atoms with Crippen molar-refractivity contribution in [3.63, 3.8) is 0 Å². The number of pyridine rings is 1. The summed E-state index contributed by atoms with van der Waals surface area (Å²) in [6, 6.07) is 13.1. The number of anilines is 1. The van der Waals surface area contributed by atoms with Gasteiger partial charge in [-0.3, -0.25) is 14.3 Å². The molecule has 0 saturated carbocycles. The van der Waals surface area contributed by atoms with Crippen molar-refractivity contribution in [2.24, 2.45) is 7.05 Å². The summed E-state index contributed by atoms with van der Waals surface area (Å²) in [6.45, 7) is 1.85. The Morgan fingerprint density at radius 3 is 2.55 bits per heavy atom. The molecule has 0 spiro atoms. The number of benzene rings is 1. The fourth-order valence-corrected chi connectivity index (χ4v) is 3.33. The van der Waals surface area contributed by atoms with E-state index in [-0.39, 0.29) is 24.1 Å². The first-order valence-electron chi connectivity index (χ1n) is 9.14. The Morgan fingerprint density at radius 1 is 1.14 bits per heavy atom. The van der Waals surface area contributed by atoms with Gasteiger partial charge in [-0.1, -0.05) is 12.1 Å². The van der Waals surface area contributed by atoms with E-state index < -0.39 is 0 Å². The van der Waals surface area contributed by atoms with Gasteiger partial charge in [0.15, 0.2) is 0 Å². The lowest BCUT2D eigenvalue weighted by atomic mass is 10.1. The molecule has 2 aromatic heterocycles. The van der Waals surface area contributed by atoms with E-state index in [4.69, 9.17) is 14.5 Å². The van der Waals surface area contributed by atoms with Crippen LogP contribution < -0.4 is 15.2 Å². The number of ether oxygens (including phenoxy) is 2. The fourth-order valence-electron chi connectivity index (χ4n) is 3.33. The number of nitrogens with zero attached hydrogens (tertiary/aromatic N) is 4. The molecule has 1 aromatic carbocycles. The van der Waals surface area contributed by atoms with Gasteiger partial charge in [0.1, 0.15) is 11.9 Å². The predicted molar refractivity (Wildman–Crippen MR) is 114 cm³/mol. The molecule has 1 fully saturated rings. The average molecular weight is 415 g/mol. The maximum absolute atomic E-state index is 12.5. The number of morpholine rings is 1. The van der Waals surface area contributed by atoms with Gasteiger partial charge in [-0.2, -0.15) is 0 Å². The van der Waals surface area contributed by atoms with E-state index >= 15 is 0 Å². The molecule has 4 rings (SSSR count). The second-order valence-corrected chi connectivity index (χ2v) is 6.65. The van der Waals surface area contributed by atoms with Crippen molar-refractivity contribution in [1.82, 2.24) is 14.5 Å². The van der Waals surface area contributed by atoms with Gasteiger partial charge in [-0.15, -0.1) is 12.4 Å². The summed E-state index contributed by atoms with van der Waals surface area (Å²) in [4.78, 5) is 23.4. The van der Waals surface area contributed by atoms with Gasteiger partial charge < -0.3 is 14.4 Å². The molecule has 0 bridgehead atoms. The van der Waals surface area contributed by atoms with Gasteiger partial charge in [-0.05, 0) is 29.8 Å². The molecule has 0 aliphatic carbocycles. The Balaban J connectivity index is 0.00000240. The Labute approximate surface area is 175 Å². The van der Waals surface area contributed by atoms with Crippen LogP contribution in [-0.4, -0.2) is 41.3 Å². The number of methoxy groups -OCH3 is 1. The Morgan fingerprint density at radius 2 is 1.86 bits per heavy atom. The first-order valence-corrected chi connectivity index (χ1v) is 9.14. The predicted octanol–water partition coefficient (Wildman–Crippen LogP) is 2.85. The normalized spacial score (nSPS) is 16.2. The molecule has 3 heterocycles. The minimum atomic E-state index is -0.0962. The first kappa shape index (κ1) is 20.8. The van der Waals surface area contributed by atoms with Gasteiger partial charge in [0, 0.05) is 37.6 Å². The average Bonchev–Trinajstić information content (AvgIpc) is 2.76. The van der Waals surface area contributed by atoms with Gasteiger partial charge in [0.2, 0.25) is 5.95 Å². The highest BCUT2D eigenvalue weighted by Crippen LogP contribution is 2.27. The second-order valence-electron chi connectivity index (χ2n) is 6.65. The summed E-state index contributed by atoms with van der Waals surface area (Å²) < 4.78 is 12.8. The third-order valence-corrected chi connectivity index (χ3v) is 4.92. The molecule has 8 heteroatoms. The van der Waals surface area contributed by atoms with Gasteiger partial charge in [0.25, 0.3) is 5.56 Å². The molecule has 3 aromatic rings. The molecular formula is C21H23ClN4O3. The largest absolute Gasteiger partial charge is 0.497 e. The van der Waals surface area contributed by atoms with E-state index in [2.05, 4.69) is 9.88 Å². The number of hydrogen-bond donors (Lipinski definition) is 0. The van der Waals surface area contributed by atoms with Gasteiger partial charge in [-0.25, -0.2) is 4.98 Å². The molecule has 0 radical (unpaired) electrons. The van der Waals surface area contributed by atoms with Crippen molar-refractivity contribution in [3.05, 3.63) is 70.8 Å². The fraction of sp³-hybridized carbons (Fsp3) is 0.286. The van der Waals surface area contributed by atoms with Crippen LogP contribution in [0, 0.1) is 0 Å². The van der Waals surface area contributed by atoms with E-state index in [1.807, 2.05) is 36.4 Å². The summed E-state index contributed by atoms with van der Waals surface area (Å²) in [7, 11) is 3.40. The molecule has 1 aliphatic heterocycles. The van der Waals surface area contributed by atoms with Gasteiger partial charge in [0.05, 0.1) is 26.0 Å². The number of aromatic nitrogens is 3. The zero-order chi connectivity index (χ0) is 19.5. The highest BCUT2D eigenvalue weighted by molar-refractivity contribution is 5.85. The Hall–Kier alpha value is -2.90. The van der Waals surface area contributed by atoms with Crippen LogP contribution in [0.3, 0.4) is 0 Å². The lowest BCUT2D eigenvalue weighted by Gasteiger charge is -2.34. The molecule has 0 N–H and O–H groups in total. The van der Waals surface area contributed by atoms with E-state index in [0.29, 0.717) is 31.3 Å². The quantitative estimate of drug-likeness (QED) is 0.653. The summed E-state index contributed by atoms with van der Waals surface area (Å²) in [5.41, 5.74) is 2.49. The molecule has 29 heavy (non-hydrogen) atoms. The maximum Gasteiger partial charge on any atom is 0.255 e. The Bertz CT molecular complexity index is 1010. The highest BCUT2D eigenvalue weighted by Gasteiger charge is 2.25. The smallest absolute Gasteiger partial charge is 0.255 e. The van der Waals surface area contributed by atoms with Crippen LogP contribution in [0.4, 0.5) is 5.95 Å². The molecule has 152 valence electrons. The zero-order valence-electron chi connectivity index (χ0n) is 16.3. The van der Waals surface area contributed by atoms with Crippen LogP contribution in [0.2, 0.25) is 0 Å². The summed E-state index contributed by atoms with van der Waals surface area (Å²) in [5, 5.41) is 0. The SMILES string of the molecule is COc1ccc([C@@H]2CN(c3nc(-c4ccncc4)cc(=O)n3C)CCO2)cc1.Cl. The molecule has 1 aliphatic rings. The van der Waals surface area contributed by atoms with Crippen LogP contribution in [0.15, 0.2) is 59.7 Å². The van der Waals surface area contributed by atoms with Crippen molar-refractivity contribution in [2.45, 2.75) is 6.10 Å². The van der Waals surface area contributed by atoms with E-state index in [9.17, 15) is 4.79 Å². The van der Waals surface area contributed by atoms with Crippen molar-refractivity contribution in [2.75, 3.05) is 31.7 Å². The minimum absolute atomic E-state index is 0. The van der Waals surface area contributed by atoms with E-state index in [1.165, 1.54) is 0 Å². The van der Waals surface area contributed by atoms with Crippen LogP contribution in [0.25, 0.3) is 11.3 Å². The number of halogens is 1. The van der Waals surface area contributed by atoms with Crippen LogP contribution in [0.5, 0.6) is 5.75 Å². The van der Waals surface area contributed by atoms with Crippen molar-refractivity contribution < 1.29 is 9.47 Å².